The van der Waals surface area contributed by atoms with Gasteiger partial charge < -0.3 is 10.2 Å². The number of sulfonamides is 1. The van der Waals surface area contributed by atoms with Gasteiger partial charge in [0.15, 0.2) is 0 Å². The summed E-state index contributed by atoms with van der Waals surface area (Å²) in [6.07, 6.45) is 0. The van der Waals surface area contributed by atoms with Crippen LogP contribution in [0.25, 0.3) is 0 Å². The van der Waals surface area contributed by atoms with Crippen LogP contribution in [0.2, 0.25) is 0 Å². The Labute approximate surface area is 138 Å². The van der Waals surface area contributed by atoms with Gasteiger partial charge in [-0.25, -0.2) is 13.1 Å². The molecule has 1 aliphatic rings. The summed E-state index contributed by atoms with van der Waals surface area (Å²) in [6, 6.07) is 6.28. The minimum atomic E-state index is -3.52. The molecule has 1 atom stereocenters. The number of nitrogens with zero attached hydrogens (tertiary/aromatic N) is 1. The summed E-state index contributed by atoms with van der Waals surface area (Å²) in [5.74, 6) is 0.179. The zero-order valence-electron chi connectivity index (χ0n) is 13.9. The number of amides is 1. The molecule has 1 aliphatic heterocycles. The van der Waals surface area contributed by atoms with E-state index >= 15 is 0 Å². The molecular formula is C16H25N3O3S. The molecule has 6 nitrogen and oxygen atoms in total. The van der Waals surface area contributed by atoms with Crippen LogP contribution in [0.3, 0.4) is 0 Å². The summed E-state index contributed by atoms with van der Waals surface area (Å²) in [4.78, 5) is 14.5. The van der Waals surface area contributed by atoms with E-state index in [1.165, 1.54) is 12.1 Å². The van der Waals surface area contributed by atoms with Gasteiger partial charge in [-0.15, -0.1) is 0 Å². The van der Waals surface area contributed by atoms with Crippen LogP contribution in [0.5, 0.6) is 0 Å². The molecule has 1 aromatic carbocycles. The number of nitrogens with one attached hydrogen (secondary N) is 2. The van der Waals surface area contributed by atoms with Crippen molar-refractivity contribution in [3.63, 3.8) is 0 Å². The molecule has 1 fully saturated rings. The second-order valence-electron chi connectivity index (χ2n) is 6.32. The number of piperazine rings is 1. The summed E-state index contributed by atoms with van der Waals surface area (Å²) >= 11 is 0. The molecule has 0 bridgehead atoms. The van der Waals surface area contributed by atoms with Crippen molar-refractivity contribution in [2.75, 3.05) is 26.2 Å². The van der Waals surface area contributed by atoms with Gasteiger partial charge >= 0.3 is 0 Å². The number of carbonyl (C=O) groups excluding carboxylic acids is 1. The summed E-state index contributed by atoms with van der Waals surface area (Å²) < 4.78 is 26.9. The maximum Gasteiger partial charge on any atom is 0.254 e. The number of benzene rings is 1. The van der Waals surface area contributed by atoms with Crippen molar-refractivity contribution in [3.05, 3.63) is 29.8 Å². The Hall–Kier alpha value is -1.44. The highest BCUT2D eigenvalue weighted by molar-refractivity contribution is 7.89. The molecule has 0 aliphatic carbocycles. The van der Waals surface area contributed by atoms with Crippen LogP contribution < -0.4 is 10.0 Å². The number of hydrogen-bond donors (Lipinski definition) is 2. The van der Waals surface area contributed by atoms with E-state index in [4.69, 9.17) is 0 Å². The summed E-state index contributed by atoms with van der Waals surface area (Å²) in [5.41, 5.74) is 0.515. The minimum absolute atomic E-state index is 0.0573. The van der Waals surface area contributed by atoms with Crippen molar-refractivity contribution in [3.8, 4) is 0 Å². The van der Waals surface area contributed by atoms with Crippen molar-refractivity contribution in [1.82, 2.24) is 14.9 Å². The molecule has 1 saturated heterocycles. The third-order valence-corrected chi connectivity index (χ3v) is 5.29. The molecule has 128 valence electrons. The van der Waals surface area contributed by atoms with E-state index < -0.39 is 10.0 Å². The van der Waals surface area contributed by atoms with Crippen LogP contribution in [-0.4, -0.2) is 51.4 Å². The van der Waals surface area contributed by atoms with Crippen molar-refractivity contribution < 1.29 is 13.2 Å². The Balaban J connectivity index is 2.11. The smallest absolute Gasteiger partial charge is 0.254 e. The summed E-state index contributed by atoms with van der Waals surface area (Å²) in [7, 11) is -3.52. The Kier molecular flexibility index (Phi) is 5.78. The van der Waals surface area contributed by atoms with Gasteiger partial charge in [0.1, 0.15) is 0 Å². The van der Waals surface area contributed by atoms with Crippen LogP contribution in [0.1, 0.15) is 31.1 Å². The number of hydrogen-bond acceptors (Lipinski definition) is 4. The Bertz CT molecular complexity index is 641. The van der Waals surface area contributed by atoms with E-state index in [-0.39, 0.29) is 22.8 Å². The molecule has 23 heavy (non-hydrogen) atoms. The van der Waals surface area contributed by atoms with Crippen molar-refractivity contribution >= 4 is 15.9 Å². The van der Waals surface area contributed by atoms with Gasteiger partial charge in [0, 0.05) is 37.8 Å². The van der Waals surface area contributed by atoms with E-state index in [1.54, 1.807) is 12.1 Å². The molecule has 0 spiro atoms. The molecular weight excluding hydrogens is 314 g/mol. The first-order valence-corrected chi connectivity index (χ1v) is 9.41. The minimum Gasteiger partial charge on any atom is -0.333 e. The van der Waals surface area contributed by atoms with Gasteiger partial charge in [0.05, 0.1) is 4.90 Å². The van der Waals surface area contributed by atoms with Gasteiger partial charge in [-0.05, 0) is 37.1 Å². The standard InChI is InChI=1S/C16H25N3O3S/c1-12(2)10-18-23(21,22)15-6-4-14(5-7-15)16(20)19-9-8-17-11-13(19)3/h4-7,12-13,17-18H,8-11H2,1-3H3/t13-/m0/s1. The Morgan fingerprint density at radius 1 is 1.35 bits per heavy atom. The van der Waals surface area contributed by atoms with E-state index in [9.17, 15) is 13.2 Å². The van der Waals surface area contributed by atoms with Gasteiger partial charge in [0.2, 0.25) is 10.0 Å². The number of rotatable bonds is 5. The van der Waals surface area contributed by atoms with Crippen LogP contribution in [0.4, 0.5) is 0 Å². The van der Waals surface area contributed by atoms with Gasteiger partial charge in [-0.2, -0.15) is 0 Å². The third kappa shape index (κ3) is 4.53. The average molecular weight is 339 g/mol. The Morgan fingerprint density at radius 2 is 2.00 bits per heavy atom. The normalized spacial score (nSPS) is 19.1. The zero-order valence-corrected chi connectivity index (χ0v) is 14.7. The SMILES string of the molecule is CC(C)CNS(=O)(=O)c1ccc(C(=O)N2CCNC[C@@H]2C)cc1. The van der Waals surface area contributed by atoms with E-state index in [1.807, 2.05) is 25.7 Å². The molecule has 0 radical (unpaired) electrons. The molecule has 1 heterocycles. The second-order valence-corrected chi connectivity index (χ2v) is 8.09. The molecule has 0 saturated carbocycles. The molecule has 1 amide bonds. The molecule has 0 aromatic heterocycles. The van der Waals surface area contributed by atoms with Crippen LogP contribution in [0, 0.1) is 5.92 Å². The topological polar surface area (TPSA) is 78.5 Å². The van der Waals surface area contributed by atoms with Crippen molar-refractivity contribution in [2.24, 2.45) is 5.92 Å². The average Bonchev–Trinajstić information content (AvgIpc) is 2.53. The van der Waals surface area contributed by atoms with Crippen molar-refractivity contribution in [1.29, 1.82) is 0 Å². The van der Waals surface area contributed by atoms with E-state index in [0.717, 1.165) is 13.1 Å². The molecule has 7 heteroatoms. The monoisotopic (exact) mass is 339 g/mol. The van der Waals surface area contributed by atoms with Crippen LogP contribution >= 0.6 is 0 Å². The fraction of sp³-hybridized carbons (Fsp3) is 0.562. The quantitative estimate of drug-likeness (QED) is 0.841. The first-order valence-electron chi connectivity index (χ1n) is 7.92. The molecule has 1 aromatic rings. The highest BCUT2D eigenvalue weighted by atomic mass is 32.2. The largest absolute Gasteiger partial charge is 0.333 e. The lowest BCUT2D eigenvalue weighted by Gasteiger charge is -2.34. The van der Waals surface area contributed by atoms with Crippen LogP contribution in [0.15, 0.2) is 29.2 Å². The zero-order chi connectivity index (χ0) is 17.0. The molecule has 2 rings (SSSR count). The fourth-order valence-corrected chi connectivity index (χ4v) is 3.66. The van der Waals surface area contributed by atoms with Gasteiger partial charge in [-0.3, -0.25) is 4.79 Å². The van der Waals surface area contributed by atoms with E-state index in [0.29, 0.717) is 18.7 Å². The van der Waals surface area contributed by atoms with Crippen LogP contribution in [-0.2, 0) is 10.0 Å². The van der Waals surface area contributed by atoms with Gasteiger partial charge in [0.25, 0.3) is 5.91 Å². The lowest BCUT2D eigenvalue weighted by Crippen LogP contribution is -2.52. The van der Waals surface area contributed by atoms with Gasteiger partial charge in [-0.1, -0.05) is 13.8 Å². The first-order chi connectivity index (χ1) is 10.8. The summed E-state index contributed by atoms with van der Waals surface area (Å²) in [5, 5.41) is 3.24. The Morgan fingerprint density at radius 3 is 2.57 bits per heavy atom. The highest BCUT2D eigenvalue weighted by Crippen LogP contribution is 2.14. The highest BCUT2D eigenvalue weighted by Gasteiger charge is 2.24. The maximum atomic E-state index is 12.5. The third-order valence-electron chi connectivity index (χ3n) is 3.86. The maximum absolute atomic E-state index is 12.5. The lowest BCUT2D eigenvalue weighted by atomic mass is 10.1. The summed E-state index contributed by atoms with van der Waals surface area (Å²) in [6.45, 7) is 8.49. The van der Waals surface area contributed by atoms with Crippen molar-refractivity contribution in [2.45, 2.75) is 31.7 Å². The molecule has 0 unspecified atom stereocenters. The second kappa shape index (κ2) is 7.42. The molecule has 2 N–H and O–H groups in total. The number of carbonyl (C=O) groups is 1. The predicted molar refractivity (Wildman–Crippen MR) is 89.8 cm³/mol. The van der Waals surface area contributed by atoms with E-state index in [2.05, 4.69) is 10.0 Å². The lowest BCUT2D eigenvalue weighted by molar-refractivity contribution is 0.0655. The first kappa shape index (κ1) is 17.9. The fourth-order valence-electron chi connectivity index (χ4n) is 2.44. The predicted octanol–water partition coefficient (Wildman–Crippen LogP) is 1.05.